The molecule has 51 heavy (non-hydrogen) atoms. The fourth-order valence-electron chi connectivity index (χ4n) is 5.83. The third-order valence-corrected chi connectivity index (χ3v) is 8.56. The maximum Gasteiger partial charge on any atom is 0.322 e. The fourth-order valence-corrected chi connectivity index (χ4v) is 5.83. The molecule has 2 heterocycles. The summed E-state index contributed by atoms with van der Waals surface area (Å²) < 4.78 is 6.53. The van der Waals surface area contributed by atoms with Crippen molar-refractivity contribution >= 4 is 40.5 Å². The van der Waals surface area contributed by atoms with E-state index in [0.29, 0.717) is 37.3 Å². The minimum Gasteiger partial charge on any atom is -0.506 e. The van der Waals surface area contributed by atoms with Gasteiger partial charge in [-0.25, -0.2) is 0 Å². The van der Waals surface area contributed by atoms with Crippen LogP contribution in [0.2, 0.25) is 0 Å². The molecular weight excluding hydrogens is 660 g/mol. The van der Waals surface area contributed by atoms with Crippen LogP contribution in [0.25, 0.3) is 10.9 Å². The number of ether oxygens (including phenoxy) is 1. The summed E-state index contributed by atoms with van der Waals surface area (Å²) in [6.45, 7) is 6.31. The SMILES string of the molecule is CC(C)C[C@H](NC(=O)[C@@H](Cc1ccccc1)NC(=O)CCN1CCOCC1)C(=O)NCc1ccc2c(c1)c(O)c(C(=O)NCC(=O)O)c(=O)n2C. The number of benzene rings is 2. The molecule has 1 saturated heterocycles. The first kappa shape index (κ1) is 38.5. The molecule has 4 amide bonds. The molecule has 1 fully saturated rings. The van der Waals surface area contributed by atoms with Gasteiger partial charge in [0.15, 0.2) is 0 Å². The van der Waals surface area contributed by atoms with Crippen molar-refractivity contribution in [1.29, 1.82) is 0 Å². The molecule has 0 aliphatic carbocycles. The molecule has 274 valence electrons. The summed E-state index contributed by atoms with van der Waals surface area (Å²) in [4.78, 5) is 78.7. The number of nitrogens with one attached hydrogen (secondary N) is 4. The van der Waals surface area contributed by atoms with Crippen molar-refractivity contribution in [3.8, 4) is 5.75 Å². The zero-order valence-corrected chi connectivity index (χ0v) is 29.1. The molecule has 0 unspecified atom stereocenters. The maximum absolute atomic E-state index is 13.7. The van der Waals surface area contributed by atoms with Gasteiger partial charge in [0.1, 0.15) is 29.9 Å². The number of aliphatic carboxylic acids is 1. The molecule has 6 N–H and O–H groups in total. The smallest absolute Gasteiger partial charge is 0.322 e. The average molecular weight is 707 g/mol. The number of fused-ring (bicyclic) bond motifs is 1. The molecular formula is C36H46N6O9. The Kier molecular flexibility index (Phi) is 13.7. The second-order valence-corrected chi connectivity index (χ2v) is 12.9. The molecule has 2 atom stereocenters. The Bertz CT molecular complexity index is 1790. The molecule has 4 rings (SSSR count). The van der Waals surface area contributed by atoms with Crippen LogP contribution in [0.4, 0.5) is 0 Å². The van der Waals surface area contributed by atoms with E-state index in [1.54, 1.807) is 12.1 Å². The number of amides is 4. The van der Waals surface area contributed by atoms with E-state index in [1.165, 1.54) is 13.1 Å². The van der Waals surface area contributed by atoms with Crippen LogP contribution in [0.3, 0.4) is 0 Å². The summed E-state index contributed by atoms with van der Waals surface area (Å²) in [7, 11) is 1.41. The lowest BCUT2D eigenvalue weighted by Crippen LogP contribution is -2.54. The summed E-state index contributed by atoms with van der Waals surface area (Å²) in [5.41, 5.74) is 0.255. The van der Waals surface area contributed by atoms with Gasteiger partial charge in [-0.15, -0.1) is 0 Å². The predicted molar refractivity (Wildman–Crippen MR) is 188 cm³/mol. The Morgan fingerprint density at radius 1 is 0.902 bits per heavy atom. The number of aromatic nitrogens is 1. The van der Waals surface area contributed by atoms with Crippen molar-refractivity contribution in [1.82, 2.24) is 30.7 Å². The molecule has 3 aromatic rings. The van der Waals surface area contributed by atoms with Crippen molar-refractivity contribution in [2.24, 2.45) is 13.0 Å². The lowest BCUT2D eigenvalue weighted by Gasteiger charge is -2.27. The molecule has 0 spiro atoms. The van der Waals surface area contributed by atoms with E-state index >= 15 is 0 Å². The zero-order chi connectivity index (χ0) is 37.1. The Morgan fingerprint density at radius 2 is 1.61 bits per heavy atom. The van der Waals surface area contributed by atoms with Crippen LogP contribution < -0.4 is 26.8 Å². The quantitative estimate of drug-likeness (QED) is 0.123. The van der Waals surface area contributed by atoms with Crippen LogP contribution in [0.15, 0.2) is 53.3 Å². The number of morpholine rings is 1. The summed E-state index contributed by atoms with van der Waals surface area (Å²) in [6.07, 6.45) is 0.750. The molecule has 0 bridgehead atoms. The van der Waals surface area contributed by atoms with Crippen LogP contribution in [0.1, 0.15) is 48.2 Å². The first-order valence-corrected chi connectivity index (χ1v) is 16.9. The number of pyridine rings is 1. The van der Waals surface area contributed by atoms with Gasteiger partial charge in [-0.2, -0.15) is 0 Å². The number of hydrogen-bond donors (Lipinski definition) is 6. The normalized spacial score (nSPS) is 14.4. The molecule has 1 aliphatic rings. The molecule has 1 aliphatic heterocycles. The minimum absolute atomic E-state index is 0.0201. The average Bonchev–Trinajstić information content (AvgIpc) is 3.11. The van der Waals surface area contributed by atoms with E-state index in [4.69, 9.17) is 9.84 Å². The van der Waals surface area contributed by atoms with Gasteiger partial charge in [-0.3, -0.25) is 33.7 Å². The molecule has 0 saturated carbocycles. The van der Waals surface area contributed by atoms with Gasteiger partial charge in [0.05, 0.1) is 18.7 Å². The van der Waals surface area contributed by atoms with Gasteiger partial charge in [0, 0.05) is 51.5 Å². The molecule has 15 nitrogen and oxygen atoms in total. The van der Waals surface area contributed by atoms with Crippen molar-refractivity contribution in [2.45, 2.75) is 51.7 Å². The lowest BCUT2D eigenvalue weighted by atomic mass is 10.0. The van der Waals surface area contributed by atoms with E-state index in [1.807, 2.05) is 44.2 Å². The van der Waals surface area contributed by atoms with Crippen molar-refractivity contribution in [3.63, 3.8) is 0 Å². The highest BCUT2D eigenvalue weighted by Crippen LogP contribution is 2.27. The van der Waals surface area contributed by atoms with E-state index in [0.717, 1.165) is 23.2 Å². The zero-order valence-electron chi connectivity index (χ0n) is 29.1. The molecule has 0 radical (unpaired) electrons. The number of nitrogens with zero attached hydrogens (tertiary/aromatic N) is 2. The number of rotatable bonds is 16. The van der Waals surface area contributed by atoms with Gasteiger partial charge in [0.25, 0.3) is 11.5 Å². The summed E-state index contributed by atoms with van der Waals surface area (Å²) >= 11 is 0. The first-order valence-electron chi connectivity index (χ1n) is 16.9. The van der Waals surface area contributed by atoms with Crippen LogP contribution in [0, 0.1) is 5.92 Å². The number of carboxylic acids is 1. The molecule has 2 aromatic carbocycles. The lowest BCUT2D eigenvalue weighted by molar-refractivity contribution is -0.135. The Morgan fingerprint density at radius 3 is 2.27 bits per heavy atom. The summed E-state index contributed by atoms with van der Waals surface area (Å²) in [6, 6.07) is 12.1. The van der Waals surface area contributed by atoms with Crippen LogP contribution in [-0.2, 0) is 43.9 Å². The van der Waals surface area contributed by atoms with Crippen molar-refractivity contribution < 1.29 is 38.9 Å². The fraction of sp³-hybridized carbons (Fsp3) is 0.444. The summed E-state index contributed by atoms with van der Waals surface area (Å²) in [5, 5.41) is 30.6. The van der Waals surface area contributed by atoms with Crippen LogP contribution >= 0.6 is 0 Å². The highest BCUT2D eigenvalue weighted by molar-refractivity contribution is 6.03. The van der Waals surface area contributed by atoms with E-state index in [2.05, 4.69) is 26.2 Å². The van der Waals surface area contributed by atoms with Gasteiger partial charge in [0.2, 0.25) is 17.7 Å². The number of carbonyl (C=O) groups excluding carboxylic acids is 4. The monoisotopic (exact) mass is 706 g/mol. The number of aromatic hydroxyl groups is 1. The Balaban J connectivity index is 1.48. The molecule has 1 aromatic heterocycles. The second kappa shape index (κ2) is 18.1. The van der Waals surface area contributed by atoms with Gasteiger partial charge >= 0.3 is 5.97 Å². The second-order valence-electron chi connectivity index (χ2n) is 12.9. The number of carbonyl (C=O) groups is 5. The summed E-state index contributed by atoms with van der Waals surface area (Å²) in [5.74, 6) is -4.19. The number of aryl methyl sites for hydroxylation is 1. The van der Waals surface area contributed by atoms with Crippen LogP contribution in [0.5, 0.6) is 5.75 Å². The first-order chi connectivity index (χ1) is 24.3. The number of carboxylic acid groups (broad SMARTS) is 1. The van der Waals surface area contributed by atoms with Crippen molar-refractivity contribution in [2.75, 3.05) is 39.4 Å². The predicted octanol–water partition coefficient (Wildman–Crippen LogP) is 0.655. The van der Waals surface area contributed by atoms with Gasteiger partial charge in [-0.1, -0.05) is 50.2 Å². The van der Waals surface area contributed by atoms with Crippen LogP contribution in [-0.4, -0.2) is 101 Å². The van der Waals surface area contributed by atoms with E-state index in [9.17, 15) is 33.9 Å². The standard InChI is InChI=1S/C36H46N6O9/c1-22(2)17-26(40-34(48)27(19-23-7-5-4-6-8-23)39-29(43)11-12-42-13-15-51-16-14-42)33(47)37-20-24-9-10-28-25(18-24)32(46)31(36(50)41(28)3)35(49)38-21-30(44)45/h4-10,18,22,26-27,46H,11-17,19-21H2,1-3H3,(H,37,47)(H,38,49)(H,39,43)(H,40,48)(H,44,45)/t26-,27+/m0/s1. The van der Waals surface area contributed by atoms with Gasteiger partial charge < -0.3 is 40.8 Å². The highest BCUT2D eigenvalue weighted by atomic mass is 16.5. The number of hydrogen-bond acceptors (Lipinski definition) is 9. The topological polar surface area (TPSA) is 208 Å². The maximum atomic E-state index is 13.7. The third-order valence-electron chi connectivity index (χ3n) is 8.56. The van der Waals surface area contributed by atoms with E-state index < -0.39 is 59.2 Å². The molecule has 15 heteroatoms. The third kappa shape index (κ3) is 10.9. The minimum atomic E-state index is -1.32. The van der Waals surface area contributed by atoms with Crippen molar-refractivity contribution in [3.05, 3.63) is 75.6 Å². The van der Waals surface area contributed by atoms with E-state index in [-0.39, 0.29) is 36.6 Å². The Hall–Kier alpha value is -5.28. The highest BCUT2D eigenvalue weighted by Gasteiger charge is 2.28. The largest absolute Gasteiger partial charge is 0.506 e. The van der Waals surface area contributed by atoms with Gasteiger partial charge in [-0.05, 0) is 35.6 Å². The Labute approximate surface area is 295 Å².